The summed E-state index contributed by atoms with van der Waals surface area (Å²) in [6, 6.07) is 15.3. The van der Waals surface area contributed by atoms with Crippen molar-refractivity contribution < 1.29 is 31.1 Å². The van der Waals surface area contributed by atoms with E-state index in [9.17, 15) is 21.6 Å². The van der Waals surface area contributed by atoms with Gasteiger partial charge in [-0.3, -0.25) is 4.72 Å². The Labute approximate surface area is 206 Å². The van der Waals surface area contributed by atoms with E-state index in [1.165, 1.54) is 24.3 Å². The number of sulfonamides is 1. The number of nitrogens with zero attached hydrogens (tertiary/aromatic N) is 1. The van der Waals surface area contributed by atoms with Crippen LogP contribution in [0, 0.1) is 0 Å². The highest BCUT2D eigenvalue weighted by molar-refractivity contribution is 7.92. The van der Waals surface area contributed by atoms with Crippen LogP contribution in [0.1, 0.15) is 12.0 Å². The van der Waals surface area contributed by atoms with Crippen LogP contribution in [0.3, 0.4) is 0 Å². The zero-order valence-corrected chi connectivity index (χ0v) is 20.1. The van der Waals surface area contributed by atoms with Crippen molar-refractivity contribution in [1.29, 1.82) is 0 Å². The number of alkyl halides is 3. The third kappa shape index (κ3) is 6.19. The minimum absolute atomic E-state index is 0.0456. The first-order valence-electron chi connectivity index (χ1n) is 10.6. The average Bonchev–Trinajstić information content (AvgIpc) is 3.19. The zero-order valence-electron chi connectivity index (χ0n) is 18.5. The molecule has 4 rings (SSSR count). The lowest BCUT2D eigenvalue weighted by Gasteiger charge is -2.19. The summed E-state index contributed by atoms with van der Waals surface area (Å²) in [4.78, 5) is 1.85. The molecular formula is C24H22ClF3N2O4S. The van der Waals surface area contributed by atoms with Gasteiger partial charge in [0.25, 0.3) is 10.0 Å². The van der Waals surface area contributed by atoms with Crippen LogP contribution >= 0.6 is 11.6 Å². The van der Waals surface area contributed by atoms with Crippen molar-refractivity contribution >= 4 is 27.3 Å². The Morgan fingerprint density at radius 2 is 1.74 bits per heavy atom. The number of para-hydroxylation sites is 1. The summed E-state index contributed by atoms with van der Waals surface area (Å²) in [5, 5.41) is 0.399. The molecule has 35 heavy (non-hydrogen) atoms. The molecule has 0 saturated carbocycles. The number of benzene rings is 3. The predicted octanol–water partition coefficient (Wildman–Crippen LogP) is 6.03. The van der Waals surface area contributed by atoms with Gasteiger partial charge in [-0.2, -0.15) is 13.2 Å². The third-order valence-electron chi connectivity index (χ3n) is 5.38. The topological polar surface area (TPSA) is 67.9 Å². The van der Waals surface area contributed by atoms with Gasteiger partial charge in [0, 0.05) is 19.2 Å². The van der Waals surface area contributed by atoms with Gasteiger partial charge in [0.05, 0.1) is 21.2 Å². The number of hydrogen-bond acceptors (Lipinski definition) is 5. The number of anilines is 1. The van der Waals surface area contributed by atoms with Crippen LogP contribution in [0.15, 0.2) is 71.6 Å². The van der Waals surface area contributed by atoms with Crippen LogP contribution in [-0.2, 0) is 16.2 Å². The summed E-state index contributed by atoms with van der Waals surface area (Å²) in [5.74, 6) is 0.360. The molecule has 3 aromatic rings. The van der Waals surface area contributed by atoms with E-state index < -0.39 is 33.6 Å². The molecule has 1 saturated heterocycles. The average molecular weight is 527 g/mol. The molecule has 0 radical (unpaired) electrons. The number of nitrogens with one attached hydrogen (secondary N) is 1. The van der Waals surface area contributed by atoms with Crippen molar-refractivity contribution in [3.05, 3.63) is 77.3 Å². The Balaban J connectivity index is 1.53. The van der Waals surface area contributed by atoms with Crippen LogP contribution < -0.4 is 14.2 Å². The summed E-state index contributed by atoms with van der Waals surface area (Å²) in [6.45, 7) is 1.18. The molecule has 0 bridgehead atoms. The van der Waals surface area contributed by atoms with E-state index in [2.05, 4.69) is 4.72 Å². The molecule has 3 aromatic carbocycles. The number of likely N-dealkylation sites (tertiary alicyclic amines) is 1. The minimum atomic E-state index is -4.64. The van der Waals surface area contributed by atoms with E-state index in [1.54, 1.807) is 24.3 Å². The molecule has 6 nitrogen and oxygen atoms in total. The minimum Gasteiger partial charge on any atom is -0.488 e. The van der Waals surface area contributed by atoms with Gasteiger partial charge in [-0.25, -0.2) is 8.42 Å². The summed E-state index contributed by atoms with van der Waals surface area (Å²) in [6.07, 6.45) is -4.49. The van der Waals surface area contributed by atoms with Crippen molar-refractivity contribution in [1.82, 2.24) is 4.90 Å². The van der Waals surface area contributed by atoms with Gasteiger partial charge in [0.2, 0.25) is 0 Å². The molecule has 0 aromatic heterocycles. The Bertz CT molecular complexity index is 1300. The molecule has 11 heteroatoms. The first-order chi connectivity index (χ1) is 16.5. The number of rotatable bonds is 7. The third-order valence-corrected chi connectivity index (χ3v) is 7.09. The van der Waals surface area contributed by atoms with Crippen molar-refractivity contribution in [3.8, 4) is 17.2 Å². The molecule has 1 N–H and O–H groups in total. The van der Waals surface area contributed by atoms with E-state index in [0.29, 0.717) is 36.0 Å². The lowest BCUT2D eigenvalue weighted by molar-refractivity contribution is -0.139. The fourth-order valence-corrected chi connectivity index (χ4v) is 4.87. The maximum Gasteiger partial charge on any atom is 0.419 e. The van der Waals surface area contributed by atoms with Gasteiger partial charge < -0.3 is 14.4 Å². The molecule has 1 atom stereocenters. The smallest absolute Gasteiger partial charge is 0.419 e. The Morgan fingerprint density at radius 3 is 2.37 bits per heavy atom. The highest BCUT2D eigenvalue weighted by atomic mass is 35.5. The summed E-state index contributed by atoms with van der Waals surface area (Å²) >= 11 is 6.07. The molecule has 1 fully saturated rings. The van der Waals surface area contributed by atoms with Crippen LogP contribution in [0.4, 0.5) is 18.9 Å². The van der Waals surface area contributed by atoms with Crippen LogP contribution in [-0.4, -0.2) is 39.6 Å². The highest BCUT2D eigenvalue weighted by Crippen LogP contribution is 2.39. The summed E-state index contributed by atoms with van der Waals surface area (Å²) < 4.78 is 79.8. The standard InChI is InChI=1S/C24H22ClF3N2O4S/c1-30-13-12-18(15-30)34-23-14-16(6-11-20(23)24(26,27)28)29-35(31,32)19-9-7-17(8-10-19)33-22-5-3-2-4-21(22)25/h2-11,14,18,29H,12-13,15H2,1H3/t18-/m1/s1. The van der Waals surface area contributed by atoms with E-state index in [4.69, 9.17) is 21.1 Å². The predicted molar refractivity (Wildman–Crippen MR) is 127 cm³/mol. The number of likely N-dealkylation sites (N-methyl/N-ethyl adjacent to an activating group) is 1. The Hall–Kier alpha value is -2.95. The first-order valence-corrected chi connectivity index (χ1v) is 12.5. The van der Waals surface area contributed by atoms with Crippen molar-refractivity contribution in [2.75, 3.05) is 24.9 Å². The van der Waals surface area contributed by atoms with Crippen LogP contribution in [0.2, 0.25) is 5.02 Å². The van der Waals surface area contributed by atoms with E-state index in [-0.39, 0.29) is 10.6 Å². The van der Waals surface area contributed by atoms with Gasteiger partial charge >= 0.3 is 6.18 Å². The lowest BCUT2D eigenvalue weighted by atomic mass is 10.1. The molecule has 1 aliphatic heterocycles. The van der Waals surface area contributed by atoms with E-state index in [1.807, 2.05) is 11.9 Å². The summed E-state index contributed by atoms with van der Waals surface area (Å²) in [7, 11) is -2.24. The first kappa shape index (κ1) is 25.2. The van der Waals surface area contributed by atoms with Crippen LogP contribution in [0.25, 0.3) is 0 Å². The number of halogens is 4. The molecule has 0 aliphatic carbocycles. The second-order valence-electron chi connectivity index (χ2n) is 8.11. The SMILES string of the molecule is CN1CC[C@@H](Oc2cc(NS(=O)(=O)c3ccc(Oc4ccccc4Cl)cc3)ccc2C(F)(F)F)C1. The second kappa shape index (κ2) is 9.96. The monoisotopic (exact) mass is 526 g/mol. The molecule has 0 amide bonds. The molecule has 1 aliphatic rings. The normalized spacial score (nSPS) is 16.8. The van der Waals surface area contributed by atoms with Gasteiger partial charge in [-0.15, -0.1) is 0 Å². The maximum atomic E-state index is 13.5. The van der Waals surface area contributed by atoms with Gasteiger partial charge in [-0.05, 0) is 62.0 Å². The fraction of sp³-hybridized carbons (Fsp3) is 0.250. The summed E-state index contributed by atoms with van der Waals surface area (Å²) in [5.41, 5.74) is -1.01. The zero-order chi connectivity index (χ0) is 25.2. The van der Waals surface area contributed by atoms with Crippen molar-refractivity contribution in [3.63, 3.8) is 0 Å². The molecule has 0 unspecified atom stereocenters. The Morgan fingerprint density at radius 1 is 1.03 bits per heavy atom. The van der Waals surface area contributed by atoms with E-state index in [0.717, 1.165) is 18.2 Å². The molecule has 186 valence electrons. The maximum absolute atomic E-state index is 13.5. The van der Waals surface area contributed by atoms with Crippen LogP contribution in [0.5, 0.6) is 17.2 Å². The van der Waals surface area contributed by atoms with Gasteiger partial charge in [-0.1, -0.05) is 23.7 Å². The van der Waals surface area contributed by atoms with E-state index >= 15 is 0 Å². The van der Waals surface area contributed by atoms with Gasteiger partial charge in [0.1, 0.15) is 23.4 Å². The Kier molecular flexibility index (Phi) is 7.16. The fourth-order valence-electron chi connectivity index (χ4n) is 3.64. The highest BCUT2D eigenvalue weighted by Gasteiger charge is 2.36. The number of ether oxygens (including phenoxy) is 2. The molecular weight excluding hydrogens is 505 g/mol. The second-order valence-corrected chi connectivity index (χ2v) is 10.2. The lowest BCUT2D eigenvalue weighted by Crippen LogP contribution is -2.23. The number of hydrogen-bond donors (Lipinski definition) is 1. The largest absolute Gasteiger partial charge is 0.488 e. The quantitative estimate of drug-likeness (QED) is 0.407. The molecule has 1 heterocycles. The van der Waals surface area contributed by atoms with Crippen molar-refractivity contribution in [2.45, 2.75) is 23.6 Å². The van der Waals surface area contributed by atoms with Gasteiger partial charge in [0.15, 0.2) is 0 Å². The van der Waals surface area contributed by atoms with Crippen molar-refractivity contribution in [2.24, 2.45) is 0 Å². The molecule has 0 spiro atoms.